The molecule has 0 fully saturated rings. The van der Waals surface area contributed by atoms with Crippen LogP contribution in [0.2, 0.25) is 0 Å². The van der Waals surface area contributed by atoms with Crippen molar-refractivity contribution in [2.75, 3.05) is 38.2 Å². The summed E-state index contributed by atoms with van der Waals surface area (Å²) in [5.74, 6) is -1.83. The summed E-state index contributed by atoms with van der Waals surface area (Å²) in [4.78, 5) is 25.9. The number of halogens is 4. The molecule has 0 saturated heterocycles. The van der Waals surface area contributed by atoms with Crippen molar-refractivity contribution in [1.82, 2.24) is 15.9 Å². The molecular weight excluding hydrogens is 798 g/mol. The molecule has 1 aromatic carbocycles. The van der Waals surface area contributed by atoms with Crippen molar-refractivity contribution < 1.29 is 43.6 Å². The van der Waals surface area contributed by atoms with Gasteiger partial charge in [0.2, 0.25) is 11.5 Å². The summed E-state index contributed by atoms with van der Waals surface area (Å²) in [7, 11) is 0. The summed E-state index contributed by atoms with van der Waals surface area (Å²) in [5, 5.41) is 48.8. The van der Waals surface area contributed by atoms with E-state index in [0.717, 1.165) is 10.9 Å². The molecule has 2 amide bonds. The van der Waals surface area contributed by atoms with Gasteiger partial charge in [-0.1, -0.05) is 0 Å². The fourth-order valence-electron chi connectivity index (χ4n) is 2.60. The second-order valence-electron chi connectivity index (χ2n) is 6.84. The minimum Gasteiger partial charge on any atom is -0.394 e. The molecule has 16 heteroatoms. The van der Waals surface area contributed by atoms with Gasteiger partial charge in [0.05, 0.1) is 55.9 Å². The number of anilines is 1. The van der Waals surface area contributed by atoms with Crippen molar-refractivity contribution in [3.8, 4) is 0 Å². The molecule has 12 nitrogen and oxygen atoms in total. The standard InChI is InChI=1S/C18H21FI3N5O7/c19-10-7-34-26-27(10)2-1-23-16-14(21)11(17(32)24-3-8(30)5-28)13(20)12(15(16)22)18(33)25-4-9(31)6-29/h7-9,23,28-31H,1-6H2,(H-,24,25,32,33)/p+1. The number of nitrogens with one attached hydrogen (secondary N) is 3. The number of hydrogen-bond donors (Lipinski definition) is 7. The van der Waals surface area contributed by atoms with Crippen molar-refractivity contribution in [3.63, 3.8) is 0 Å². The van der Waals surface area contributed by atoms with Crippen LogP contribution >= 0.6 is 67.8 Å². The van der Waals surface area contributed by atoms with E-state index < -0.39 is 43.2 Å². The summed E-state index contributed by atoms with van der Waals surface area (Å²) in [6, 6.07) is 0. The SMILES string of the molecule is O=C(NCC(O)CO)c1c(I)c(NCC[n+]2nocc2F)c(I)c(C(=O)NCC(O)CO)c1I. The third-order valence-electron chi connectivity index (χ3n) is 4.36. The van der Waals surface area contributed by atoms with E-state index in [1.807, 2.05) is 67.8 Å². The Hall–Kier alpha value is -0.940. The maximum Gasteiger partial charge on any atom is 0.426 e. The number of benzene rings is 1. The van der Waals surface area contributed by atoms with Crippen molar-refractivity contribution >= 4 is 85.3 Å². The van der Waals surface area contributed by atoms with Crippen molar-refractivity contribution in [2.24, 2.45) is 0 Å². The van der Waals surface area contributed by atoms with Crippen LogP contribution in [0, 0.1) is 16.7 Å². The summed E-state index contributed by atoms with van der Waals surface area (Å²) < 4.78 is 20.4. The lowest BCUT2D eigenvalue weighted by Crippen LogP contribution is -2.42. The maximum absolute atomic E-state index is 13.6. The number of aliphatic hydroxyl groups excluding tert-OH is 4. The number of nitrogens with zero attached hydrogens (tertiary/aromatic N) is 2. The predicted octanol–water partition coefficient (Wildman–Crippen LogP) is -0.807. The van der Waals surface area contributed by atoms with Gasteiger partial charge in [0.25, 0.3) is 11.8 Å². The molecule has 0 aliphatic carbocycles. The number of carbonyl (C=O) groups excluding carboxylic acids is 2. The number of rotatable bonds is 12. The van der Waals surface area contributed by atoms with Crippen LogP contribution in [0.1, 0.15) is 20.7 Å². The third kappa shape index (κ3) is 7.53. The minimum absolute atomic E-state index is 0.0922. The highest BCUT2D eigenvalue weighted by molar-refractivity contribution is 14.1. The molecule has 0 spiro atoms. The second-order valence-corrected chi connectivity index (χ2v) is 10.1. The van der Waals surface area contributed by atoms with E-state index in [2.05, 4.69) is 25.7 Å². The topological polar surface area (TPSA) is 181 Å². The van der Waals surface area contributed by atoms with Crippen LogP contribution < -0.4 is 20.6 Å². The van der Waals surface area contributed by atoms with E-state index in [0.29, 0.717) is 16.4 Å². The molecule has 0 bridgehead atoms. The Labute approximate surface area is 234 Å². The molecule has 0 saturated carbocycles. The fourth-order valence-corrected chi connectivity index (χ4v) is 7.13. The van der Waals surface area contributed by atoms with Gasteiger partial charge >= 0.3 is 5.95 Å². The number of carbonyl (C=O) groups is 2. The number of amides is 2. The minimum atomic E-state index is -1.15. The molecule has 34 heavy (non-hydrogen) atoms. The first-order chi connectivity index (χ1) is 16.1. The normalized spacial score (nSPS) is 12.8. The van der Waals surface area contributed by atoms with Crippen molar-refractivity contribution in [2.45, 2.75) is 18.8 Å². The van der Waals surface area contributed by atoms with E-state index in [1.54, 1.807) is 0 Å². The number of hydrogen-bond acceptors (Lipinski definition) is 9. The van der Waals surface area contributed by atoms with E-state index in [1.165, 1.54) is 0 Å². The van der Waals surface area contributed by atoms with Gasteiger partial charge in [-0.15, -0.1) is 4.39 Å². The van der Waals surface area contributed by atoms with Gasteiger partial charge < -0.3 is 40.9 Å². The molecule has 2 aromatic rings. The summed E-state index contributed by atoms with van der Waals surface area (Å²) in [6.45, 7) is -1.22. The Kier molecular flexibility index (Phi) is 12.0. The molecular formula is C18H22FI3N5O7+. The van der Waals surface area contributed by atoms with Crippen LogP contribution in [0.5, 0.6) is 0 Å². The van der Waals surface area contributed by atoms with Crippen LogP contribution in [0.15, 0.2) is 10.8 Å². The largest absolute Gasteiger partial charge is 0.426 e. The van der Waals surface area contributed by atoms with E-state index >= 15 is 0 Å². The molecule has 1 heterocycles. The van der Waals surface area contributed by atoms with E-state index in [9.17, 15) is 24.2 Å². The summed E-state index contributed by atoms with van der Waals surface area (Å²) >= 11 is 5.76. The lowest BCUT2D eigenvalue weighted by Gasteiger charge is -2.20. The first kappa shape index (κ1) is 29.3. The third-order valence-corrected chi connectivity index (χ3v) is 7.59. The second kappa shape index (κ2) is 14.0. The molecule has 2 rings (SSSR count). The van der Waals surface area contributed by atoms with Gasteiger partial charge in [0.1, 0.15) is 0 Å². The summed E-state index contributed by atoms with van der Waals surface area (Å²) in [6.07, 6.45) is -1.46. The zero-order chi connectivity index (χ0) is 25.4. The Morgan fingerprint density at radius 3 is 1.91 bits per heavy atom. The number of aliphatic hydroxyl groups is 4. The van der Waals surface area contributed by atoms with Crippen LogP contribution in [-0.4, -0.2) is 82.6 Å². The van der Waals surface area contributed by atoms with Gasteiger partial charge in [0.15, 0.2) is 6.54 Å². The predicted molar refractivity (Wildman–Crippen MR) is 141 cm³/mol. The zero-order valence-corrected chi connectivity index (χ0v) is 23.9. The Morgan fingerprint density at radius 2 is 1.50 bits per heavy atom. The van der Waals surface area contributed by atoms with Gasteiger partial charge in [-0.25, -0.2) is 0 Å². The molecule has 0 aliphatic heterocycles. The molecule has 7 N–H and O–H groups in total. The lowest BCUT2D eigenvalue weighted by atomic mass is 10.1. The van der Waals surface area contributed by atoms with Gasteiger partial charge in [-0.05, 0) is 72.5 Å². The quantitative estimate of drug-likeness (QED) is 0.107. The van der Waals surface area contributed by atoms with Gasteiger partial charge in [-0.3, -0.25) is 9.59 Å². The van der Waals surface area contributed by atoms with Crippen LogP contribution in [0.3, 0.4) is 0 Å². The molecule has 1 aromatic heterocycles. The lowest BCUT2D eigenvalue weighted by molar-refractivity contribution is -0.782. The molecule has 2 unspecified atom stereocenters. The molecule has 2 atom stereocenters. The Morgan fingerprint density at radius 1 is 1.00 bits per heavy atom. The number of aromatic nitrogens is 2. The van der Waals surface area contributed by atoms with Gasteiger partial charge in [-0.2, -0.15) is 0 Å². The smallest absolute Gasteiger partial charge is 0.394 e. The van der Waals surface area contributed by atoms with Crippen LogP contribution in [-0.2, 0) is 6.54 Å². The van der Waals surface area contributed by atoms with Crippen LogP contribution in [0.4, 0.5) is 10.1 Å². The average molecular weight is 820 g/mol. The fraction of sp³-hybridized carbons (Fsp3) is 0.444. The Balaban J connectivity index is 2.42. The van der Waals surface area contributed by atoms with Crippen LogP contribution in [0.25, 0.3) is 0 Å². The maximum atomic E-state index is 13.6. The van der Waals surface area contributed by atoms with Gasteiger partial charge in [0, 0.05) is 16.7 Å². The molecule has 188 valence electrons. The van der Waals surface area contributed by atoms with E-state index in [4.69, 9.17) is 10.2 Å². The summed E-state index contributed by atoms with van der Waals surface area (Å²) in [5.41, 5.74) is 0.747. The average Bonchev–Trinajstić information content (AvgIpc) is 3.22. The zero-order valence-electron chi connectivity index (χ0n) is 17.4. The highest BCUT2D eigenvalue weighted by Gasteiger charge is 2.28. The van der Waals surface area contributed by atoms with Crippen molar-refractivity contribution in [3.05, 3.63) is 34.0 Å². The molecule has 0 radical (unpaired) electrons. The highest BCUT2D eigenvalue weighted by Crippen LogP contribution is 2.35. The van der Waals surface area contributed by atoms with Crippen molar-refractivity contribution in [1.29, 1.82) is 0 Å². The van der Waals surface area contributed by atoms with E-state index in [-0.39, 0.29) is 37.3 Å². The Bertz CT molecular complexity index is 973. The highest BCUT2D eigenvalue weighted by atomic mass is 127. The monoisotopic (exact) mass is 820 g/mol. The molecule has 0 aliphatic rings. The first-order valence-corrected chi connectivity index (χ1v) is 12.9. The first-order valence-electron chi connectivity index (χ1n) is 9.70.